The summed E-state index contributed by atoms with van der Waals surface area (Å²) in [5.74, 6) is 0.0512. The van der Waals surface area contributed by atoms with Crippen molar-refractivity contribution in [1.29, 1.82) is 0 Å². The van der Waals surface area contributed by atoms with Crippen LogP contribution in [0.3, 0.4) is 0 Å². The Kier molecular flexibility index (Phi) is 12.1. The first-order valence-electron chi connectivity index (χ1n) is 11.7. The Hall–Kier alpha value is -2.12. The fourth-order valence-electron chi connectivity index (χ4n) is 3.54. The molecule has 0 amide bonds. The lowest BCUT2D eigenvalue weighted by atomic mass is 10.1. The Morgan fingerprint density at radius 2 is 1.66 bits per heavy atom. The minimum Gasteiger partial charge on any atom is -0.508 e. The maximum atomic E-state index is 10.2. The molecule has 2 aromatic carbocycles. The van der Waals surface area contributed by atoms with Gasteiger partial charge in [0.15, 0.2) is 0 Å². The number of hydrogen-bond donors (Lipinski definition) is 4. The number of anilines is 1. The quantitative estimate of drug-likeness (QED) is 0.295. The van der Waals surface area contributed by atoms with Gasteiger partial charge < -0.3 is 30.3 Å². The van der Waals surface area contributed by atoms with Gasteiger partial charge in [0, 0.05) is 45.1 Å². The maximum Gasteiger partial charge on any atom is 0.121 e. The zero-order valence-corrected chi connectivity index (χ0v) is 19.6. The summed E-state index contributed by atoms with van der Waals surface area (Å²) < 4.78 is 5.76. The molecule has 1 atom stereocenters. The monoisotopic (exact) mass is 444 g/mol. The molecule has 2 rings (SSSR count). The van der Waals surface area contributed by atoms with Crippen LogP contribution in [0.15, 0.2) is 42.5 Å². The second kappa shape index (κ2) is 14.9. The molecule has 0 saturated heterocycles. The van der Waals surface area contributed by atoms with Crippen molar-refractivity contribution in [2.45, 2.75) is 51.2 Å². The zero-order chi connectivity index (χ0) is 23.2. The Labute approximate surface area is 192 Å². The van der Waals surface area contributed by atoms with Crippen LogP contribution >= 0.6 is 0 Å². The third-order valence-corrected chi connectivity index (χ3v) is 5.60. The lowest BCUT2D eigenvalue weighted by Crippen LogP contribution is -2.22. The topological polar surface area (TPSA) is 85.2 Å². The molecule has 1 unspecified atom stereocenters. The largest absolute Gasteiger partial charge is 0.508 e. The van der Waals surface area contributed by atoms with Gasteiger partial charge in [-0.05, 0) is 67.6 Å². The van der Waals surface area contributed by atoms with Crippen LogP contribution in [0.4, 0.5) is 5.69 Å². The number of nitrogens with zero attached hydrogens (tertiary/aromatic N) is 1. The first-order chi connectivity index (χ1) is 15.5. The maximum absolute atomic E-state index is 10.2. The molecule has 6 nitrogen and oxygen atoms in total. The smallest absolute Gasteiger partial charge is 0.121 e. The number of nitrogens with one attached hydrogen (secondary N) is 1. The standard InChI is InChI=1S/C26H40N2O4/c1-28(2)24-12-9-21(10-13-24)8-7-17-32-16-6-4-3-5-15-27-19-26(31)22-11-14-25(30)23(18-22)20-29/h9-14,18,26-27,29-31H,3-8,15-17,19-20H2,1-2H3. The molecule has 0 bridgehead atoms. The molecule has 0 fully saturated rings. The molecule has 0 aliphatic heterocycles. The van der Waals surface area contributed by atoms with Crippen molar-refractivity contribution >= 4 is 5.69 Å². The number of phenols is 1. The molecule has 4 N–H and O–H groups in total. The molecule has 0 radical (unpaired) electrons. The van der Waals surface area contributed by atoms with Crippen LogP contribution < -0.4 is 10.2 Å². The van der Waals surface area contributed by atoms with Crippen LogP contribution in [0.5, 0.6) is 5.75 Å². The van der Waals surface area contributed by atoms with Crippen molar-refractivity contribution in [3.63, 3.8) is 0 Å². The molecule has 0 heterocycles. The Morgan fingerprint density at radius 3 is 2.38 bits per heavy atom. The van der Waals surface area contributed by atoms with E-state index in [1.54, 1.807) is 12.1 Å². The summed E-state index contributed by atoms with van der Waals surface area (Å²) in [7, 11) is 4.11. The molecule has 0 aromatic heterocycles. The van der Waals surface area contributed by atoms with E-state index >= 15 is 0 Å². The van der Waals surface area contributed by atoms with E-state index in [-0.39, 0.29) is 12.4 Å². The van der Waals surface area contributed by atoms with Crippen LogP contribution in [-0.4, -0.2) is 55.7 Å². The molecule has 0 saturated carbocycles. The van der Waals surface area contributed by atoms with E-state index < -0.39 is 6.10 Å². The third kappa shape index (κ3) is 9.57. The van der Waals surface area contributed by atoms with Gasteiger partial charge in [-0.25, -0.2) is 0 Å². The van der Waals surface area contributed by atoms with Gasteiger partial charge >= 0.3 is 0 Å². The summed E-state index contributed by atoms with van der Waals surface area (Å²) in [5.41, 5.74) is 3.71. The summed E-state index contributed by atoms with van der Waals surface area (Å²) in [5, 5.41) is 32.3. The van der Waals surface area contributed by atoms with Crippen LogP contribution in [-0.2, 0) is 17.8 Å². The minimum atomic E-state index is -0.653. The highest BCUT2D eigenvalue weighted by molar-refractivity contribution is 5.46. The Balaban J connectivity index is 1.42. The summed E-state index contributed by atoms with van der Waals surface area (Å²) in [4.78, 5) is 2.11. The second-order valence-electron chi connectivity index (χ2n) is 8.46. The third-order valence-electron chi connectivity index (χ3n) is 5.60. The van der Waals surface area contributed by atoms with E-state index in [9.17, 15) is 15.3 Å². The lowest BCUT2D eigenvalue weighted by Gasteiger charge is -2.14. The van der Waals surface area contributed by atoms with E-state index in [1.807, 2.05) is 0 Å². The number of ether oxygens (including phenoxy) is 1. The van der Waals surface area contributed by atoms with Crippen LogP contribution in [0.1, 0.15) is 54.9 Å². The van der Waals surface area contributed by atoms with Gasteiger partial charge in [-0.15, -0.1) is 0 Å². The van der Waals surface area contributed by atoms with Gasteiger partial charge in [0.1, 0.15) is 5.75 Å². The summed E-state index contributed by atoms with van der Waals surface area (Å²) in [6.07, 6.45) is 5.88. The fourth-order valence-corrected chi connectivity index (χ4v) is 3.54. The van der Waals surface area contributed by atoms with Crippen molar-refractivity contribution in [2.24, 2.45) is 0 Å². The van der Waals surface area contributed by atoms with Gasteiger partial charge in [0.2, 0.25) is 0 Å². The SMILES string of the molecule is CN(C)c1ccc(CCCOCCCCCCNCC(O)c2ccc(O)c(CO)c2)cc1. The molecular weight excluding hydrogens is 404 g/mol. The number of aliphatic hydroxyl groups excluding tert-OH is 2. The van der Waals surface area contributed by atoms with E-state index in [4.69, 9.17) is 4.74 Å². The molecule has 2 aromatic rings. The van der Waals surface area contributed by atoms with Crippen LogP contribution in [0.25, 0.3) is 0 Å². The minimum absolute atomic E-state index is 0.0512. The summed E-state index contributed by atoms with van der Waals surface area (Å²) in [6.45, 7) is 2.70. The zero-order valence-electron chi connectivity index (χ0n) is 19.6. The predicted molar refractivity (Wildman–Crippen MR) is 130 cm³/mol. The number of hydrogen-bond acceptors (Lipinski definition) is 6. The van der Waals surface area contributed by atoms with E-state index in [1.165, 1.54) is 17.3 Å². The van der Waals surface area contributed by atoms with Crippen LogP contribution in [0, 0.1) is 0 Å². The highest BCUT2D eigenvalue weighted by Gasteiger charge is 2.09. The number of aromatic hydroxyl groups is 1. The summed E-state index contributed by atoms with van der Waals surface area (Å²) >= 11 is 0. The van der Waals surface area contributed by atoms with Crippen molar-refractivity contribution in [3.8, 4) is 5.75 Å². The van der Waals surface area contributed by atoms with Crippen molar-refractivity contribution in [3.05, 3.63) is 59.2 Å². The highest BCUT2D eigenvalue weighted by Crippen LogP contribution is 2.22. The Bertz CT molecular complexity index is 765. The van der Waals surface area contributed by atoms with E-state index in [0.717, 1.165) is 58.3 Å². The number of benzene rings is 2. The molecule has 178 valence electrons. The number of aliphatic hydroxyl groups is 2. The molecular formula is C26H40N2O4. The van der Waals surface area contributed by atoms with Gasteiger partial charge in [-0.1, -0.05) is 31.0 Å². The average molecular weight is 445 g/mol. The lowest BCUT2D eigenvalue weighted by molar-refractivity contribution is 0.127. The van der Waals surface area contributed by atoms with Crippen molar-refractivity contribution < 1.29 is 20.1 Å². The number of unbranched alkanes of at least 4 members (excludes halogenated alkanes) is 3. The Morgan fingerprint density at radius 1 is 0.938 bits per heavy atom. The summed E-state index contributed by atoms with van der Waals surface area (Å²) in [6, 6.07) is 13.5. The normalized spacial score (nSPS) is 12.1. The van der Waals surface area contributed by atoms with Crippen molar-refractivity contribution in [2.75, 3.05) is 45.3 Å². The molecule has 6 heteroatoms. The molecule has 0 spiro atoms. The molecule has 0 aliphatic carbocycles. The van der Waals surface area contributed by atoms with Gasteiger partial charge in [0.25, 0.3) is 0 Å². The highest BCUT2D eigenvalue weighted by atomic mass is 16.5. The average Bonchev–Trinajstić information content (AvgIpc) is 2.80. The van der Waals surface area contributed by atoms with Gasteiger partial charge in [-0.3, -0.25) is 0 Å². The molecule has 0 aliphatic rings. The van der Waals surface area contributed by atoms with E-state index in [2.05, 4.69) is 48.6 Å². The second-order valence-corrected chi connectivity index (χ2v) is 8.46. The van der Waals surface area contributed by atoms with E-state index in [0.29, 0.717) is 17.7 Å². The molecule has 32 heavy (non-hydrogen) atoms. The first-order valence-corrected chi connectivity index (χ1v) is 11.7. The number of aryl methyl sites for hydroxylation is 1. The van der Waals surface area contributed by atoms with Crippen molar-refractivity contribution in [1.82, 2.24) is 5.32 Å². The van der Waals surface area contributed by atoms with Gasteiger partial charge in [-0.2, -0.15) is 0 Å². The fraction of sp³-hybridized carbons (Fsp3) is 0.538. The van der Waals surface area contributed by atoms with Gasteiger partial charge in [0.05, 0.1) is 12.7 Å². The first kappa shape index (κ1) is 26.1. The van der Waals surface area contributed by atoms with Crippen LogP contribution in [0.2, 0.25) is 0 Å². The number of rotatable bonds is 16. The predicted octanol–water partition coefficient (Wildman–Crippen LogP) is 3.78.